The quantitative estimate of drug-likeness (QED) is 0.282. The van der Waals surface area contributed by atoms with Gasteiger partial charge >= 0.3 is 13.2 Å². The van der Waals surface area contributed by atoms with Gasteiger partial charge in [0.15, 0.2) is 0 Å². The van der Waals surface area contributed by atoms with Gasteiger partial charge in [-0.2, -0.15) is 17.6 Å². The summed E-state index contributed by atoms with van der Waals surface area (Å²) in [7, 11) is 0. The molecule has 2 amide bonds. The van der Waals surface area contributed by atoms with Crippen LogP contribution >= 0.6 is 0 Å². The van der Waals surface area contributed by atoms with Crippen LogP contribution in [0.4, 0.5) is 28.9 Å². The van der Waals surface area contributed by atoms with E-state index in [1.165, 1.54) is 12.1 Å². The molecule has 0 saturated carbocycles. The van der Waals surface area contributed by atoms with Crippen molar-refractivity contribution in [2.45, 2.75) is 20.1 Å². The Morgan fingerprint density at radius 1 is 0.829 bits per heavy atom. The van der Waals surface area contributed by atoms with Crippen molar-refractivity contribution in [3.05, 3.63) is 89.5 Å². The van der Waals surface area contributed by atoms with Crippen molar-refractivity contribution in [3.63, 3.8) is 0 Å². The molecule has 0 aromatic heterocycles. The fourth-order valence-corrected chi connectivity index (χ4v) is 3.06. The van der Waals surface area contributed by atoms with Crippen LogP contribution in [0, 0.1) is 6.92 Å². The van der Waals surface area contributed by atoms with E-state index >= 15 is 0 Å². The Morgan fingerprint density at radius 3 is 2.14 bits per heavy atom. The number of carbonyl (C=O) groups excluding carboxylic acids is 2. The first-order valence-electron chi connectivity index (χ1n) is 10.2. The molecular formula is C25H20F4N2O4. The van der Waals surface area contributed by atoms with Gasteiger partial charge in [0.2, 0.25) is 5.91 Å². The SMILES string of the molecule is Cc1c(NC(=O)/C=C/c2ccc(OC(F)F)cc2OC(F)F)cccc1NC(=O)c1ccccc1. The second kappa shape index (κ2) is 11.7. The number of anilines is 2. The molecule has 0 aliphatic rings. The lowest BCUT2D eigenvalue weighted by atomic mass is 10.1. The number of ether oxygens (including phenoxy) is 2. The fraction of sp³-hybridized carbons (Fsp3) is 0.120. The molecular weight excluding hydrogens is 468 g/mol. The van der Waals surface area contributed by atoms with Crippen molar-refractivity contribution in [2.24, 2.45) is 0 Å². The largest absolute Gasteiger partial charge is 0.435 e. The Labute approximate surface area is 198 Å². The van der Waals surface area contributed by atoms with Crippen LogP contribution in [0.3, 0.4) is 0 Å². The van der Waals surface area contributed by atoms with Gasteiger partial charge in [-0.05, 0) is 55.0 Å². The number of hydrogen-bond acceptors (Lipinski definition) is 4. The summed E-state index contributed by atoms with van der Waals surface area (Å²) in [5.74, 6) is -1.73. The molecule has 182 valence electrons. The zero-order valence-electron chi connectivity index (χ0n) is 18.3. The molecule has 0 spiro atoms. The van der Waals surface area contributed by atoms with Gasteiger partial charge < -0.3 is 20.1 Å². The smallest absolute Gasteiger partial charge is 0.387 e. The highest BCUT2D eigenvalue weighted by Gasteiger charge is 2.13. The van der Waals surface area contributed by atoms with Crippen molar-refractivity contribution < 1.29 is 36.6 Å². The van der Waals surface area contributed by atoms with E-state index in [1.54, 1.807) is 55.5 Å². The number of benzene rings is 3. The highest BCUT2D eigenvalue weighted by molar-refractivity contribution is 6.06. The van der Waals surface area contributed by atoms with E-state index in [0.29, 0.717) is 22.5 Å². The third kappa shape index (κ3) is 7.32. The molecule has 35 heavy (non-hydrogen) atoms. The average Bonchev–Trinajstić information content (AvgIpc) is 2.81. The van der Waals surface area contributed by atoms with Crippen molar-refractivity contribution >= 4 is 29.3 Å². The third-order valence-corrected chi connectivity index (χ3v) is 4.72. The molecule has 3 rings (SSSR count). The van der Waals surface area contributed by atoms with Crippen LogP contribution in [0.1, 0.15) is 21.5 Å². The van der Waals surface area contributed by atoms with Crippen LogP contribution in [0.5, 0.6) is 11.5 Å². The van der Waals surface area contributed by atoms with E-state index in [-0.39, 0.29) is 17.2 Å². The number of halogens is 4. The summed E-state index contributed by atoms with van der Waals surface area (Å²) in [6, 6.07) is 16.7. The number of alkyl halides is 4. The molecule has 0 bridgehead atoms. The first-order valence-corrected chi connectivity index (χ1v) is 10.2. The van der Waals surface area contributed by atoms with Crippen LogP contribution in [0.25, 0.3) is 6.08 Å². The predicted octanol–water partition coefficient (Wildman–Crippen LogP) is 6.10. The Bertz CT molecular complexity index is 1220. The Morgan fingerprint density at radius 2 is 1.49 bits per heavy atom. The van der Waals surface area contributed by atoms with E-state index in [1.807, 2.05) is 0 Å². The molecule has 0 aliphatic heterocycles. The van der Waals surface area contributed by atoms with Crippen molar-refractivity contribution in [2.75, 3.05) is 10.6 Å². The van der Waals surface area contributed by atoms with E-state index in [4.69, 9.17) is 0 Å². The second-order valence-corrected chi connectivity index (χ2v) is 7.08. The molecule has 0 unspecified atom stereocenters. The maximum absolute atomic E-state index is 12.7. The van der Waals surface area contributed by atoms with Crippen LogP contribution in [0.15, 0.2) is 72.8 Å². The molecule has 3 aromatic carbocycles. The molecule has 6 nitrogen and oxygen atoms in total. The zero-order chi connectivity index (χ0) is 25.4. The van der Waals surface area contributed by atoms with Crippen molar-refractivity contribution in [3.8, 4) is 11.5 Å². The highest BCUT2D eigenvalue weighted by Crippen LogP contribution is 2.29. The summed E-state index contributed by atoms with van der Waals surface area (Å²) < 4.78 is 58.7. The van der Waals surface area contributed by atoms with Crippen LogP contribution in [0.2, 0.25) is 0 Å². The lowest BCUT2D eigenvalue weighted by Gasteiger charge is -2.13. The van der Waals surface area contributed by atoms with Crippen LogP contribution < -0.4 is 20.1 Å². The van der Waals surface area contributed by atoms with Gasteiger partial charge in [-0.1, -0.05) is 24.3 Å². The van der Waals surface area contributed by atoms with Gasteiger partial charge in [0, 0.05) is 34.6 Å². The molecule has 0 aliphatic carbocycles. The monoisotopic (exact) mass is 488 g/mol. The number of rotatable bonds is 9. The molecule has 0 atom stereocenters. The normalized spacial score (nSPS) is 11.1. The Hall–Kier alpha value is -4.34. The minimum atomic E-state index is -3.21. The Kier molecular flexibility index (Phi) is 8.44. The standard InChI is InChI=1S/C25H20F4N2O4/c1-15-19(8-5-9-20(15)31-23(33)17-6-3-2-4-7-17)30-22(32)13-11-16-10-12-18(34-24(26)27)14-21(16)35-25(28)29/h2-14,24-25H,1H3,(H,30,32)(H,31,33)/b13-11+. The van der Waals surface area contributed by atoms with E-state index in [9.17, 15) is 27.2 Å². The first kappa shape index (κ1) is 25.3. The molecule has 0 fully saturated rings. The predicted molar refractivity (Wildman–Crippen MR) is 123 cm³/mol. The zero-order valence-corrected chi connectivity index (χ0v) is 18.3. The molecule has 0 heterocycles. The summed E-state index contributed by atoms with van der Waals surface area (Å²) in [6.07, 6.45) is 2.26. The van der Waals surface area contributed by atoms with E-state index < -0.39 is 24.9 Å². The lowest BCUT2D eigenvalue weighted by molar-refractivity contribution is -0.111. The average molecular weight is 488 g/mol. The minimum absolute atomic E-state index is 0.0441. The van der Waals surface area contributed by atoms with Gasteiger partial charge in [0.05, 0.1) is 0 Å². The van der Waals surface area contributed by atoms with E-state index in [0.717, 1.165) is 18.2 Å². The summed E-state index contributed by atoms with van der Waals surface area (Å²) in [5, 5.41) is 5.42. The van der Waals surface area contributed by atoms with Crippen LogP contribution in [-0.2, 0) is 4.79 Å². The third-order valence-electron chi connectivity index (χ3n) is 4.72. The maximum atomic E-state index is 12.7. The molecule has 3 aromatic rings. The van der Waals surface area contributed by atoms with Gasteiger partial charge in [0.25, 0.3) is 5.91 Å². The summed E-state index contributed by atoms with van der Waals surface area (Å²) >= 11 is 0. The second-order valence-electron chi connectivity index (χ2n) is 7.08. The van der Waals surface area contributed by atoms with Crippen LogP contribution in [-0.4, -0.2) is 25.0 Å². The number of hydrogen-bond donors (Lipinski definition) is 2. The first-order chi connectivity index (χ1) is 16.7. The molecule has 0 saturated heterocycles. The number of carbonyl (C=O) groups is 2. The summed E-state index contributed by atoms with van der Waals surface area (Å²) in [5.41, 5.74) is 2.01. The maximum Gasteiger partial charge on any atom is 0.387 e. The van der Waals surface area contributed by atoms with Gasteiger partial charge in [0.1, 0.15) is 11.5 Å². The summed E-state index contributed by atoms with van der Waals surface area (Å²) in [6.45, 7) is -4.65. The number of nitrogens with one attached hydrogen (secondary N) is 2. The Balaban J connectivity index is 1.73. The summed E-state index contributed by atoms with van der Waals surface area (Å²) in [4.78, 5) is 24.9. The van der Waals surface area contributed by atoms with Crippen molar-refractivity contribution in [1.29, 1.82) is 0 Å². The lowest BCUT2D eigenvalue weighted by Crippen LogP contribution is -2.14. The molecule has 2 N–H and O–H groups in total. The highest BCUT2D eigenvalue weighted by atomic mass is 19.3. The fourth-order valence-electron chi connectivity index (χ4n) is 3.06. The number of amides is 2. The molecule has 10 heteroatoms. The van der Waals surface area contributed by atoms with Crippen molar-refractivity contribution in [1.82, 2.24) is 0 Å². The molecule has 0 radical (unpaired) electrons. The van der Waals surface area contributed by atoms with E-state index in [2.05, 4.69) is 20.1 Å². The van der Waals surface area contributed by atoms with Gasteiger partial charge in [-0.15, -0.1) is 0 Å². The minimum Gasteiger partial charge on any atom is -0.435 e. The topological polar surface area (TPSA) is 76.7 Å². The van der Waals surface area contributed by atoms with Gasteiger partial charge in [-0.3, -0.25) is 9.59 Å². The van der Waals surface area contributed by atoms with Gasteiger partial charge in [-0.25, -0.2) is 0 Å².